The summed E-state index contributed by atoms with van der Waals surface area (Å²) in [5.74, 6) is -1.10. The zero-order chi connectivity index (χ0) is 25.3. The molecule has 0 amide bonds. The normalized spacial score (nSPS) is 12.6. The van der Waals surface area contributed by atoms with Crippen molar-refractivity contribution in [3.8, 4) is 5.75 Å². The van der Waals surface area contributed by atoms with E-state index in [4.69, 9.17) is 16.7 Å². The van der Waals surface area contributed by atoms with E-state index in [9.17, 15) is 31.0 Å². The highest BCUT2D eigenvalue weighted by Gasteiger charge is 2.24. The smallest absolute Gasteiger partial charge is 0.296 e. The van der Waals surface area contributed by atoms with Gasteiger partial charge in [-0.2, -0.15) is 16.8 Å². The number of phenolic OH excluding ortho intramolecular Hbond substituents is 1. The number of nitrogen functional groups attached to an aromatic ring is 2. The van der Waals surface area contributed by atoms with E-state index in [0.717, 1.165) is 12.1 Å². The summed E-state index contributed by atoms with van der Waals surface area (Å²) in [6.07, 6.45) is 0. The summed E-state index contributed by atoms with van der Waals surface area (Å²) in [7, 11) is -9.53. The zero-order valence-corrected chi connectivity index (χ0v) is 19.1. The Kier molecular flexibility index (Phi) is 7.29. The van der Waals surface area contributed by atoms with Gasteiger partial charge in [0, 0.05) is 23.3 Å². The van der Waals surface area contributed by atoms with E-state index in [1.807, 2.05) is 0 Å². The van der Waals surface area contributed by atoms with Crippen molar-refractivity contribution in [1.82, 2.24) is 0 Å². The lowest BCUT2D eigenvalue weighted by molar-refractivity contribution is -0.432. The second kappa shape index (κ2) is 9.68. The Bertz CT molecular complexity index is 1510. The first kappa shape index (κ1) is 25.6. The van der Waals surface area contributed by atoms with Gasteiger partial charge in [-0.1, -0.05) is 11.1 Å². The molecule has 0 spiro atoms. The molecule has 0 saturated heterocycles. The molecule has 3 aromatic carbocycles. The van der Waals surface area contributed by atoms with Gasteiger partial charge in [0.2, 0.25) is 0 Å². The molecular weight excluding hydrogens is 516 g/mol. The van der Waals surface area contributed by atoms with E-state index in [1.54, 1.807) is 0 Å². The van der Waals surface area contributed by atoms with Crippen LogP contribution in [0.15, 0.2) is 56.4 Å². The molecular formula is C17H16N4O10S3. The molecule has 14 nitrogen and oxygen atoms in total. The van der Waals surface area contributed by atoms with E-state index >= 15 is 0 Å². The third-order valence-corrected chi connectivity index (χ3v) is 6.79. The lowest BCUT2D eigenvalue weighted by atomic mass is 10.0. The highest BCUT2D eigenvalue weighted by molar-refractivity contribution is 7.93. The first-order valence-electron chi connectivity index (χ1n) is 8.77. The molecule has 17 heteroatoms. The first-order chi connectivity index (χ1) is 15.8. The van der Waals surface area contributed by atoms with Crippen LogP contribution in [0.4, 0.5) is 22.7 Å². The molecule has 0 aromatic heterocycles. The molecule has 0 aliphatic heterocycles. The predicted octanol–water partition coefficient (Wildman–Crippen LogP) is 3.19. The number of azo groups is 1. The number of nitrogens with zero attached hydrogens (tertiary/aromatic N) is 2. The van der Waals surface area contributed by atoms with Crippen LogP contribution in [-0.2, 0) is 35.4 Å². The van der Waals surface area contributed by atoms with Crippen molar-refractivity contribution in [2.75, 3.05) is 11.5 Å². The van der Waals surface area contributed by atoms with Gasteiger partial charge in [-0.05, 0) is 35.7 Å². The van der Waals surface area contributed by atoms with E-state index in [-0.39, 0.29) is 39.1 Å². The van der Waals surface area contributed by atoms with Crippen LogP contribution in [-0.4, -0.2) is 36.3 Å². The minimum Gasteiger partial charge on any atom is -0.507 e. The molecule has 3 rings (SSSR count). The van der Waals surface area contributed by atoms with Crippen molar-refractivity contribution in [2.45, 2.75) is 15.5 Å². The highest BCUT2D eigenvalue weighted by atomic mass is 32.2. The van der Waals surface area contributed by atoms with E-state index < -0.39 is 41.5 Å². The van der Waals surface area contributed by atoms with Gasteiger partial charge in [0.15, 0.2) is 0 Å². The number of phenols is 1. The fourth-order valence-electron chi connectivity index (χ4n) is 2.99. The molecule has 0 bridgehead atoms. The number of nitrogens with two attached hydrogens (primary N) is 2. The predicted molar refractivity (Wildman–Crippen MR) is 121 cm³/mol. The van der Waals surface area contributed by atoms with Gasteiger partial charge in [0.1, 0.15) is 26.9 Å². The summed E-state index contributed by atoms with van der Waals surface area (Å²) in [5, 5.41) is 30.3. The molecule has 0 heterocycles. The molecule has 3 aromatic rings. The molecule has 182 valence electrons. The molecule has 0 aliphatic rings. The topological polar surface area (TPSA) is 244 Å². The van der Waals surface area contributed by atoms with E-state index in [2.05, 4.69) is 19.6 Å². The SMILES string of the molecule is Nc1ccc(N=Nc2c(N)ccc3cc(S(=O)(=O)O)c(CSOOO)c(O)c23)c(S(=O)(=O)O)c1. The van der Waals surface area contributed by atoms with Crippen molar-refractivity contribution >= 4 is 65.8 Å². The number of fused-ring (bicyclic) bond motifs is 1. The number of anilines is 2. The summed E-state index contributed by atoms with van der Waals surface area (Å²) in [6, 6.07) is 7.14. The van der Waals surface area contributed by atoms with Crippen molar-refractivity contribution in [2.24, 2.45) is 10.2 Å². The fourth-order valence-corrected chi connectivity index (χ4v) is 5.00. The Morgan fingerprint density at radius 3 is 2.24 bits per heavy atom. The zero-order valence-electron chi connectivity index (χ0n) is 16.7. The third-order valence-electron chi connectivity index (χ3n) is 4.43. The number of benzene rings is 3. The average Bonchev–Trinajstić information content (AvgIpc) is 2.74. The summed E-state index contributed by atoms with van der Waals surface area (Å²) in [5.41, 5.74) is 10.7. The largest absolute Gasteiger partial charge is 0.507 e. The fraction of sp³-hybridized carbons (Fsp3) is 0.0588. The summed E-state index contributed by atoms with van der Waals surface area (Å²) >= 11 is 0.386. The van der Waals surface area contributed by atoms with Gasteiger partial charge in [-0.25, -0.2) is 5.26 Å². The lowest BCUT2D eigenvalue weighted by Gasteiger charge is -2.14. The first-order valence-corrected chi connectivity index (χ1v) is 12.6. The Morgan fingerprint density at radius 2 is 1.62 bits per heavy atom. The average molecular weight is 533 g/mol. The summed E-state index contributed by atoms with van der Waals surface area (Å²) in [4.78, 5) is -1.29. The molecule has 0 unspecified atom stereocenters. The molecule has 34 heavy (non-hydrogen) atoms. The number of aromatic hydroxyl groups is 1. The van der Waals surface area contributed by atoms with Crippen LogP contribution < -0.4 is 11.5 Å². The van der Waals surface area contributed by atoms with Crippen molar-refractivity contribution in [3.05, 3.63) is 42.0 Å². The molecule has 0 aliphatic carbocycles. The summed E-state index contributed by atoms with van der Waals surface area (Å²) in [6.45, 7) is 0. The molecule has 0 radical (unpaired) electrons. The van der Waals surface area contributed by atoms with E-state index in [0.29, 0.717) is 12.0 Å². The number of hydrogen-bond acceptors (Lipinski definition) is 13. The Labute approximate surface area is 196 Å². The van der Waals surface area contributed by atoms with Gasteiger partial charge in [0.25, 0.3) is 20.2 Å². The maximum atomic E-state index is 11.9. The number of hydrogen-bond donors (Lipinski definition) is 6. The third kappa shape index (κ3) is 5.37. The van der Waals surface area contributed by atoms with Gasteiger partial charge < -0.3 is 16.6 Å². The lowest BCUT2D eigenvalue weighted by Crippen LogP contribution is -2.04. The van der Waals surface area contributed by atoms with Crippen molar-refractivity contribution in [1.29, 1.82) is 0 Å². The van der Waals surface area contributed by atoms with Gasteiger partial charge in [0.05, 0.1) is 16.8 Å². The molecule has 0 atom stereocenters. The Balaban J connectivity index is 2.27. The van der Waals surface area contributed by atoms with Crippen LogP contribution in [0.3, 0.4) is 0 Å². The number of rotatable bonds is 8. The maximum absolute atomic E-state index is 11.9. The minimum absolute atomic E-state index is 0.0304. The van der Waals surface area contributed by atoms with E-state index in [1.165, 1.54) is 24.3 Å². The van der Waals surface area contributed by atoms with Crippen LogP contribution in [0.25, 0.3) is 10.8 Å². The monoisotopic (exact) mass is 532 g/mol. The minimum atomic E-state index is -4.81. The Hall–Kier alpha value is -3.03. The van der Waals surface area contributed by atoms with Crippen LogP contribution in [0.1, 0.15) is 5.56 Å². The van der Waals surface area contributed by atoms with Gasteiger partial charge in [-0.15, -0.1) is 14.6 Å². The molecule has 0 saturated carbocycles. The van der Waals surface area contributed by atoms with Gasteiger partial charge >= 0.3 is 0 Å². The van der Waals surface area contributed by atoms with Crippen molar-refractivity contribution in [3.63, 3.8) is 0 Å². The van der Waals surface area contributed by atoms with Crippen LogP contribution in [0.2, 0.25) is 0 Å². The van der Waals surface area contributed by atoms with Crippen LogP contribution >= 0.6 is 12.0 Å². The quantitative estimate of drug-likeness (QED) is 0.0464. The van der Waals surface area contributed by atoms with Gasteiger partial charge in [-0.3, -0.25) is 9.11 Å². The van der Waals surface area contributed by atoms with Crippen LogP contribution in [0.5, 0.6) is 5.75 Å². The summed E-state index contributed by atoms with van der Waals surface area (Å²) < 4.78 is 70.3. The Morgan fingerprint density at radius 1 is 0.941 bits per heavy atom. The molecule has 0 fully saturated rings. The maximum Gasteiger partial charge on any atom is 0.296 e. The standard InChI is InChI=1S/C17H16N4O10S3/c18-9-2-4-12(14(6-9)34(27,28)29)20-21-16-11(19)3-1-8-5-13(33(24,25)26)10(7-32-31-30-23)17(22)15(8)16/h1-6,22-23H,7,18-19H2,(H,24,25,26)(H,27,28,29). The van der Waals surface area contributed by atoms with Crippen LogP contribution in [0, 0.1) is 0 Å². The van der Waals surface area contributed by atoms with Crippen molar-refractivity contribution < 1.29 is 45.7 Å². The second-order valence-corrected chi connectivity index (χ2v) is 10.0. The second-order valence-electron chi connectivity index (χ2n) is 6.59. The highest BCUT2D eigenvalue weighted by Crippen LogP contribution is 2.44. The molecule has 8 N–H and O–H groups in total.